The molecule has 0 fully saturated rings. The Kier molecular flexibility index (Phi) is 4.78. The zero-order valence-electron chi connectivity index (χ0n) is 12.6. The van der Waals surface area contributed by atoms with Crippen LogP contribution in [0, 0.1) is 12.8 Å². The molecule has 22 heavy (non-hydrogen) atoms. The van der Waals surface area contributed by atoms with E-state index in [-0.39, 0.29) is 11.8 Å². The lowest BCUT2D eigenvalue weighted by atomic mass is 9.91. The third-order valence-corrected chi connectivity index (χ3v) is 3.91. The highest BCUT2D eigenvalue weighted by Gasteiger charge is 2.31. The molecule has 0 spiro atoms. The normalized spacial score (nSPS) is 18.6. The Morgan fingerprint density at radius 2 is 2.05 bits per heavy atom. The number of aryl methyl sites for hydroxylation is 1. The molecule has 3 nitrogen and oxygen atoms in total. The molecular formula is C16H19F3N2O. The number of rotatable bonds is 3. The maximum Gasteiger partial charge on any atom is 0.416 e. The molecule has 1 aromatic rings. The third kappa shape index (κ3) is 3.81. The molecule has 1 unspecified atom stereocenters. The molecule has 0 aromatic heterocycles. The molecule has 2 rings (SSSR count). The number of allylic oxidation sites excluding steroid dienone is 2. The van der Waals surface area contributed by atoms with Gasteiger partial charge in [0.2, 0.25) is 5.91 Å². The highest BCUT2D eigenvalue weighted by Crippen LogP contribution is 2.32. The summed E-state index contributed by atoms with van der Waals surface area (Å²) in [5.41, 5.74) is 1.25. The molecule has 2 N–H and O–H groups in total. The van der Waals surface area contributed by atoms with Crippen molar-refractivity contribution in [2.24, 2.45) is 5.92 Å². The number of alkyl halides is 3. The number of anilines is 1. The number of halogens is 3. The average molecular weight is 312 g/mol. The Bertz CT molecular complexity index is 594. The molecule has 0 radical (unpaired) electrons. The van der Waals surface area contributed by atoms with E-state index in [1.165, 1.54) is 6.07 Å². The summed E-state index contributed by atoms with van der Waals surface area (Å²) in [5, 5.41) is 5.80. The highest BCUT2D eigenvalue weighted by molar-refractivity contribution is 5.93. The van der Waals surface area contributed by atoms with Crippen LogP contribution in [0.3, 0.4) is 0 Å². The number of carbonyl (C=O) groups excluding carboxylic acids is 1. The molecule has 120 valence electrons. The molecular weight excluding hydrogens is 293 g/mol. The van der Waals surface area contributed by atoms with Gasteiger partial charge in [0.1, 0.15) is 0 Å². The smallest absolute Gasteiger partial charge is 0.392 e. The SMILES string of the molecule is CNC1=CCC(C(=O)Nc2ccc(C(F)(F)F)cc2C)CC1. The van der Waals surface area contributed by atoms with E-state index in [9.17, 15) is 18.0 Å². The van der Waals surface area contributed by atoms with Gasteiger partial charge in [-0.1, -0.05) is 6.08 Å². The summed E-state index contributed by atoms with van der Waals surface area (Å²) >= 11 is 0. The van der Waals surface area contributed by atoms with Gasteiger partial charge in [0, 0.05) is 24.4 Å². The lowest BCUT2D eigenvalue weighted by Crippen LogP contribution is -2.26. The summed E-state index contributed by atoms with van der Waals surface area (Å²) in [5.74, 6) is -0.284. The molecule has 1 atom stereocenters. The third-order valence-electron chi connectivity index (χ3n) is 3.91. The molecule has 1 aromatic carbocycles. The fourth-order valence-electron chi connectivity index (χ4n) is 2.51. The van der Waals surface area contributed by atoms with Crippen molar-refractivity contribution in [1.82, 2.24) is 5.32 Å². The van der Waals surface area contributed by atoms with Gasteiger partial charge in [-0.05, 0) is 49.9 Å². The molecule has 0 saturated carbocycles. The van der Waals surface area contributed by atoms with E-state index >= 15 is 0 Å². The van der Waals surface area contributed by atoms with Crippen LogP contribution in [0.25, 0.3) is 0 Å². The second-order valence-corrected chi connectivity index (χ2v) is 5.47. The van der Waals surface area contributed by atoms with E-state index in [4.69, 9.17) is 0 Å². The fraction of sp³-hybridized carbons (Fsp3) is 0.438. The number of amides is 1. The van der Waals surface area contributed by atoms with Crippen LogP contribution in [-0.4, -0.2) is 13.0 Å². The van der Waals surface area contributed by atoms with Crippen LogP contribution < -0.4 is 10.6 Å². The maximum atomic E-state index is 12.6. The maximum absolute atomic E-state index is 12.6. The van der Waals surface area contributed by atoms with Crippen molar-refractivity contribution < 1.29 is 18.0 Å². The number of benzene rings is 1. The number of hydrogen-bond acceptors (Lipinski definition) is 2. The van der Waals surface area contributed by atoms with Gasteiger partial charge in [-0.3, -0.25) is 4.79 Å². The van der Waals surface area contributed by atoms with E-state index in [2.05, 4.69) is 10.6 Å². The van der Waals surface area contributed by atoms with E-state index in [1.807, 2.05) is 13.1 Å². The Hall–Kier alpha value is -1.98. The minimum absolute atomic E-state index is 0.140. The Labute approximate surface area is 127 Å². The lowest BCUT2D eigenvalue weighted by Gasteiger charge is -2.21. The predicted octanol–water partition coefficient (Wildman–Crippen LogP) is 3.86. The number of nitrogens with one attached hydrogen (secondary N) is 2. The molecule has 0 saturated heterocycles. The zero-order chi connectivity index (χ0) is 16.3. The average Bonchev–Trinajstić information content (AvgIpc) is 2.48. The molecule has 0 aliphatic heterocycles. The Balaban J connectivity index is 2.05. The summed E-state index contributed by atoms with van der Waals surface area (Å²) in [6.45, 7) is 1.56. The largest absolute Gasteiger partial charge is 0.416 e. The van der Waals surface area contributed by atoms with E-state index < -0.39 is 11.7 Å². The predicted molar refractivity (Wildman–Crippen MR) is 79.3 cm³/mol. The van der Waals surface area contributed by atoms with Crippen LogP contribution in [0.1, 0.15) is 30.4 Å². The summed E-state index contributed by atoms with van der Waals surface area (Å²) in [6.07, 6.45) is -0.196. The van der Waals surface area contributed by atoms with Crippen LogP contribution in [-0.2, 0) is 11.0 Å². The van der Waals surface area contributed by atoms with Crippen LogP contribution in [0.5, 0.6) is 0 Å². The first kappa shape index (κ1) is 16.4. The van der Waals surface area contributed by atoms with E-state index in [0.717, 1.165) is 30.7 Å². The Morgan fingerprint density at radius 1 is 1.32 bits per heavy atom. The second-order valence-electron chi connectivity index (χ2n) is 5.47. The van der Waals surface area contributed by atoms with Gasteiger partial charge in [0.05, 0.1) is 5.56 Å². The second kappa shape index (κ2) is 6.42. The van der Waals surface area contributed by atoms with Gasteiger partial charge < -0.3 is 10.6 Å². The molecule has 0 bridgehead atoms. The Morgan fingerprint density at radius 3 is 2.55 bits per heavy atom. The first-order chi connectivity index (χ1) is 10.3. The molecule has 6 heteroatoms. The highest BCUT2D eigenvalue weighted by atomic mass is 19.4. The number of carbonyl (C=O) groups is 1. The molecule has 1 amide bonds. The van der Waals surface area contributed by atoms with Crippen LogP contribution in [0.15, 0.2) is 30.0 Å². The minimum atomic E-state index is -4.37. The summed E-state index contributed by atoms with van der Waals surface area (Å²) in [7, 11) is 1.85. The van der Waals surface area contributed by atoms with Crippen molar-refractivity contribution in [1.29, 1.82) is 0 Å². The van der Waals surface area contributed by atoms with Crippen LogP contribution >= 0.6 is 0 Å². The molecule has 1 aliphatic rings. The summed E-state index contributed by atoms with van der Waals surface area (Å²) < 4.78 is 37.9. The van der Waals surface area contributed by atoms with Gasteiger partial charge in [-0.2, -0.15) is 13.2 Å². The van der Waals surface area contributed by atoms with Crippen molar-refractivity contribution in [3.05, 3.63) is 41.1 Å². The topological polar surface area (TPSA) is 41.1 Å². The zero-order valence-corrected chi connectivity index (χ0v) is 12.6. The number of hydrogen-bond donors (Lipinski definition) is 2. The van der Waals surface area contributed by atoms with Crippen molar-refractivity contribution in [3.8, 4) is 0 Å². The van der Waals surface area contributed by atoms with Crippen molar-refractivity contribution in [3.63, 3.8) is 0 Å². The first-order valence-electron chi connectivity index (χ1n) is 7.16. The lowest BCUT2D eigenvalue weighted by molar-refractivity contribution is -0.137. The van der Waals surface area contributed by atoms with Gasteiger partial charge in [-0.25, -0.2) is 0 Å². The van der Waals surface area contributed by atoms with Crippen molar-refractivity contribution >= 4 is 11.6 Å². The quantitative estimate of drug-likeness (QED) is 0.890. The van der Waals surface area contributed by atoms with Gasteiger partial charge in [-0.15, -0.1) is 0 Å². The summed E-state index contributed by atoms with van der Waals surface area (Å²) in [6, 6.07) is 3.35. The molecule has 1 aliphatic carbocycles. The van der Waals surface area contributed by atoms with E-state index in [1.54, 1.807) is 6.92 Å². The van der Waals surface area contributed by atoms with Crippen molar-refractivity contribution in [2.75, 3.05) is 12.4 Å². The van der Waals surface area contributed by atoms with E-state index in [0.29, 0.717) is 17.7 Å². The van der Waals surface area contributed by atoms with Gasteiger partial charge in [0.25, 0.3) is 0 Å². The fourth-order valence-corrected chi connectivity index (χ4v) is 2.51. The first-order valence-corrected chi connectivity index (χ1v) is 7.16. The minimum Gasteiger partial charge on any atom is -0.392 e. The van der Waals surface area contributed by atoms with Gasteiger partial charge >= 0.3 is 6.18 Å². The van der Waals surface area contributed by atoms with Gasteiger partial charge in [0.15, 0.2) is 0 Å². The monoisotopic (exact) mass is 312 g/mol. The van der Waals surface area contributed by atoms with Crippen LogP contribution in [0.4, 0.5) is 18.9 Å². The standard InChI is InChI=1S/C16H19F3N2O/c1-10-9-12(16(17,18)19)5-8-14(10)21-15(22)11-3-6-13(20-2)7-4-11/h5-6,8-9,11,20H,3-4,7H2,1-2H3,(H,21,22). The van der Waals surface area contributed by atoms with Crippen molar-refractivity contribution in [2.45, 2.75) is 32.4 Å². The van der Waals surface area contributed by atoms with Crippen LogP contribution in [0.2, 0.25) is 0 Å². The summed E-state index contributed by atoms with van der Waals surface area (Å²) in [4.78, 5) is 12.2. The molecule has 0 heterocycles.